The minimum atomic E-state index is -0.903. The van der Waals surface area contributed by atoms with E-state index in [-0.39, 0.29) is 12.5 Å². The normalized spacial score (nSPS) is 21.9. The number of carboxylic acid groups (broad SMARTS) is 1. The molecule has 2 unspecified atom stereocenters. The lowest BCUT2D eigenvalue weighted by molar-refractivity contribution is -0.141. The van der Waals surface area contributed by atoms with E-state index in [1.165, 1.54) is 4.90 Å². The number of aromatic nitrogens is 2. The van der Waals surface area contributed by atoms with Gasteiger partial charge in [0.1, 0.15) is 5.60 Å². The largest absolute Gasteiger partial charge is 0.481 e. The lowest BCUT2D eigenvalue weighted by Crippen LogP contribution is -2.35. The SMILES string of the molecule is CCn1nccc1C1CN(C(=O)OC(C)(C)C)CC1C(=O)O. The highest BCUT2D eigenvalue weighted by atomic mass is 16.6. The van der Waals surface area contributed by atoms with Crippen molar-refractivity contribution in [2.24, 2.45) is 5.92 Å². The third-order valence-corrected chi connectivity index (χ3v) is 3.72. The third-order valence-electron chi connectivity index (χ3n) is 3.72. The first-order valence-electron chi connectivity index (χ1n) is 7.45. The molecule has 22 heavy (non-hydrogen) atoms. The Morgan fingerprint density at radius 3 is 2.64 bits per heavy atom. The number of carbonyl (C=O) groups excluding carboxylic acids is 1. The van der Waals surface area contributed by atoms with Crippen LogP contribution in [0.5, 0.6) is 0 Å². The van der Waals surface area contributed by atoms with E-state index in [9.17, 15) is 14.7 Å². The first-order valence-corrected chi connectivity index (χ1v) is 7.45. The fraction of sp³-hybridized carbons (Fsp3) is 0.667. The van der Waals surface area contributed by atoms with Crippen LogP contribution in [-0.2, 0) is 16.1 Å². The highest BCUT2D eigenvalue weighted by Crippen LogP contribution is 2.33. The predicted octanol–water partition coefficient (Wildman–Crippen LogP) is 1.94. The van der Waals surface area contributed by atoms with Gasteiger partial charge in [-0.2, -0.15) is 5.10 Å². The van der Waals surface area contributed by atoms with Crippen molar-refractivity contribution >= 4 is 12.1 Å². The fourth-order valence-electron chi connectivity index (χ4n) is 2.75. The Kier molecular flexibility index (Phi) is 4.44. The van der Waals surface area contributed by atoms with E-state index in [0.717, 1.165) is 5.69 Å². The molecule has 1 fully saturated rings. The van der Waals surface area contributed by atoms with Gasteiger partial charge < -0.3 is 14.7 Å². The van der Waals surface area contributed by atoms with Gasteiger partial charge in [0.25, 0.3) is 0 Å². The maximum atomic E-state index is 12.2. The van der Waals surface area contributed by atoms with Gasteiger partial charge in [-0.05, 0) is 33.8 Å². The van der Waals surface area contributed by atoms with Gasteiger partial charge in [0.05, 0.1) is 5.92 Å². The van der Waals surface area contributed by atoms with E-state index in [4.69, 9.17) is 4.74 Å². The molecule has 1 amide bonds. The Morgan fingerprint density at radius 1 is 1.41 bits per heavy atom. The molecule has 1 N–H and O–H groups in total. The first kappa shape index (κ1) is 16.3. The number of amides is 1. The Bertz CT molecular complexity index is 561. The van der Waals surface area contributed by atoms with Crippen LogP contribution in [0.25, 0.3) is 0 Å². The molecule has 1 aliphatic heterocycles. The van der Waals surface area contributed by atoms with Crippen molar-refractivity contribution in [2.75, 3.05) is 13.1 Å². The van der Waals surface area contributed by atoms with Gasteiger partial charge in [0.2, 0.25) is 0 Å². The van der Waals surface area contributed by atoms with Gasteiger partial charge in [-0.25, -0.2) is 4.79 Å². The van der Waals surface area contributed by atoms with E-state index >= 15 is 0 Å². The van der Waals surface area contributed by atoms with Gasteiger partial charge in [-0.3, -0.25) is 9.48 Å². The minimum Gasteiger partial charge on any atom is -0.481 e. The summed E-state index contributed by atoms with van der Waals surface area (Å²) in [5.41, 5.74) is 0.250. The summed E-state index contributed by atoms with van der Waals surface area (Å²) >= 11 is 0. The van der Waals surface area contributed by atoms with Gasteiger partial charge in [-0.15, -0.1) is 0 Å². The number of carboxylic acids is 1. The molecule has 1 aromatic heterocycles. The molecule has 122 valence electrons. The minimum absolute atomic E-state index is 0.157. The van der Waals surface area contributed by atoms with Crippen LogP contribution in [-0.4, -0.2) is 50.5 Å². The molecule has 0 bridgehead atoms. The van der Waals surface area contributed by atoms with E-state index in [1.807, 2.05) is 13.0 Å². The lowest BCUT2D eigenvalue weighted by atomic mass is 9.93. The highest BCUT2D eigenvalue weighted by Gasteiger charge is 2.43. The van der Waals surface area contributed by atoms with Crippen molar-refractivity contribution in [3.8, 4) is 0 Å². The van der Waals surface area contributed by atoms with Crippen LogP contribution in [0.15, 0.2) is 12.3 Å². The van der Waals surface area contributed by atoms with Crippen LogP contribution in [0.3, 0.4) is 0 Å². The summed E-state index contributed by atoms with van der Waals surface area (Å²) < 4.78 is 7.12. The maximum absolute atomic E-state index is 12.2. The van der Waals surface area contributed by atoms with Gasteiger partial charge >= 0.3 is 12.1 Å². The molecule has 0 saturated carbocycles. The monoisotopic (exact) mass is 309 g/mol. The highest BCUT2D eigenvalue weighted by molar-refractivity contribution is 5.75. The molecule has 0 aliphatic carbocycles. The van der Waals surface area contributed by atoms with Gasteiger partial charge in [-0.1, -0.05) is 0 Å². The van der Waals surface area contributed by atoms with Crippen molar-refractivity contribution < 1.29 is 19.4 Å². The molecule has 2 atom stereocenters. The van der Waals surface area contributed by atoms with Crippen LogP contribution in [0.4, 0.5) is 4.79 Å². The van der Waals surface area contributed by atoms with E-state index in [2.05, 4.69) is 5.10 Å². The number of carbonyl (C=O) groups is 2. The molecule has 1 saturated heterocycles. The van der Waals surface area contributed by atoms with Crippen LogP contribution < -0.4 is 0 Å². The number of ether oxygens (including phenoxy) is 1. The first-order chi connectivity index (χ1) is 10.2. The number of hydrogen-bond donors (Lipinski definition) is 1. The average molecular weight is 309 g/mol. The van der Waals surface area contributed by atoms with Crippen molar-refractivity contribution in [2.45, 2.75) is 45.8 Å². The van der Waals surface area contributed by atoms with E-state index < -0.39 is 23.6 Å². The van der Waals surface area contributed by atoms with Crippen LogP contribution in [0.2, 0.25) is 0 Å². The second-order valence-corrected chi connectivity index (χ2v) is 6.51. The summed E-state index contributed by atoms with van der Waals surface area (Å²) in [5, 5.41) is 13.7. The maximum Gasteiger partial charge on any atom is 0.410 e. The zero-order valence-corrected chi connectivity index (χ0v) is 13.4. The summed E-state index contributed by atoms with van der Waals surface area (Å²) in [7, 11) is 0. The lowest BCUT2D eigenvalue weighted by Gasteiger charge is -2.24. The van der Waals surface area contributed by atoms with E-state index in [0.29, 0.717) is 13.1 Å². The quantitative estimate of drug-likeness (QED) is 0.922. The molecular formula is C15H23N3O4. The fourth-order valence-corrected chi connectivity index (χ4v) is 2.75. The van der Waals surface area contributed by atoms with Crippen LogP contribution in [0.1, 0.15) is 39.3 Å². The topological polar surface area (TPSA) is 84.7 Å². The standard InChI is InChI=1S/C15H23N3O4/c1-5-18-12(6-7-16-18)10-8-17(9-11(10)13(19)20)14(21)22-15(2,3)4/h6-7,10-11H,5,8-9H2,1-4H3,(H,19,20). The Balaban J connectivity index is 2.20. The number of aliphatic carboxylic acids is 1. The summed E-state index contributed by atoms with van der Waals surface area (Å²) in [6.45, 7) is 8.48. The van der Waals surface area contributed by atoms with Crippen LogP contribution in [0, 0.1) is 5.92 Å². The van der Waals surface area contributed by atoms with Crippen molar-refractivity contribution in [1.82, 2.24) is 14.7 Å². The third kappa shape index (κ3) is 3.40. The second-order valence-electron chi connectivity index (χ2n) is 6.51. The van der Waals surface area contributed by atoms with Gasteiger partial charge in [0.15, 0.2) is 0 Å². The molecule has 2 heterocycles. The Hall–Kier alpha value is -2.05. The zero-order valence-electron chi connectivity index (χ0n) is 13.4. The number of likely N-dealkylation sites (tertiary alicyclic amines) is 1. The zero-order chi connectivity index (χ0) is 16.5. The molecule has 1 aromatic rings. The Labute approximate surface area is 129 Å². The molecule has 0 spiro atoms. The smallest absolute Gasteiger partial charge is 0.410 e. The Morgan fingerprint density at radius 2 is 2.09 bits per heavy atom. The van der Waals surface area contributed by atoms with E-state index in [1.54, 1.807) is 31.6 Å². The molecular weight excluding hydrogens is 286 g/mol. The van der Waals surface area contributed by atoms with Crippen molar-refractivity contribution in [3.05, 3.63) is 18.0 Å². The van der Waals surface area contributed by atoms with Crippen molar-refractivity contribution in [1.29, 1.82) is 0 Å². The van der Waals surface area contributed by atoms with Crippen LogP contribution >= 0.6 is 0 Å². The molecule has 0 radical (unpaired) electrons. The summed E-state index contributed by atoms with van der Waals surface area (Å²) in [6, 6.07) is 1.82. The summed E-state index contributed by atoms with van der Waals surface area (Å²) in [6.07, 6.45) is 1.19. The van der Waals surface area contributed by atoms with Crippen molar-refractivity contribution in [3.63, 3.8) is 0 Å². The average Bonchev–Trinajstić information content (AvgIpc) is 3.02. The molecule has 2 rings (SSSR count). The molecule has 0 aromatic carbocycles. The van der Waals surface area contributed by atoms with Gasteiger partial charge in [0, 0.05) is 37.4 Å². The molecule has 1 aliphatic rings. The molecule has 7 heteroatoms. The second kappa shape index (κ2) is 5.98. The number of nitrogens with zero attached hydrogens (tertiary/aromatic N) is 3. The summed E-state index contributed by atoms with van der Waals surface area (Å²) in [5.74, 6) is -1.82. The number of aryl methyl sites for hydroxylation is 1. The molecule has 7 nitrogen and oxygen atoms in total. The predicted molar refractivity (Wildman–Crippen MR) is 79.6 cm³/mol. The summed E-state index contributed by atoms with van der Waals surface area (Å²) in [4.78, 5) is 25.2. The number of hydrogen-bond acceptors (Lipinski definition) is 4. The number of rotatable bonds is 3.